The van der Waals surface area contributed by atoms with Gasteiger partial charge in [0.2, 0.25) is 0 Å². The van der Waals surface area contributed by atoms with Gasteiger partial charge in [-0.2, -0.15) is 0 Å². The van der Waals surface area contributed by atoms with Crippen molar-refractivity contribution in [3.63, 3.8) is 0 Å². The van der Waals surface area contributed by atoms with Crippen molar-refractivity contribution in [2.45, 2.75) is 26.3 Å². The van der Waals surface area contributed by atoms with E-state index in [1.807, 2.05) is 6.07 Å². The van der Waals surface area contributed by atoms with Gasteiger partial charge >= 0.3 is 0 Å². The number of pyridine rings is 1. The average Bonchev–Trinajstić information content (AvgIpc) is 2.87. The second-order valence-electron chi connectivity index (χ2n) is 5.05. The summed E-state index contributed by atoms with van der Waals surface area (Å²) in [5.41, 5.74) is 4.70. The zero-order valence-corrected chi connectivity index (χ0v) is 11.0. The van der Waals surface area contributed by atoms with Crippen LogP contribution < -0.4 is 10.6 Å². The minimum atomic E-state index is 0.533. The van der Waals surface area contributed by atoms with Crippen LogP contribution in [0.2, 0.25) is 0 Å². The van der Waals surface area contributed by atoms with Gasteiger partial charge in [0.05, 0.1) is 16.9 Å². The third-order valence-electron chi connectivity index (χ3n) is 3.74. The quantitative estimate of drug-likeness (QED) is 0.848. The minimum absolute atomic E-state index is 0.533. The molecule has 0 bridgehead atoms. The SMILES string of the molecule is Cc1nc2ccccc2c(C)c1NC1CCNC1. The molecule has 18 heavy (non-hydrogen) atoms. The van der Waals surface area contributed by atoms with Crippen molar-refractivity contribution >= 4 is 16.6 Å². The molecule has 0 radical (unpaired) electrons. The number of fused-ring (bicyclic) bond motifs is 1. The number of hydrogen-bond acceptors (Lipinski definition) is 3. The first kappa shape index (κ1) is 11.5. The predicted molar refractivity (Wildman–Crippen MR) is 76.1 cm³/mol. The lowest BCUT2D eigenvalue weighted by atomic mass is 10.1. The molecular weight excluding hydrogens is 222 g/mol. The van der Waals surface area contributed by atoms with Crippen LogP contribution in [0.5, 0.6) is 0 Å². The van der Waals surface area contributed by atoms with Crippen molar-refractivity contribution in [2.75, 3.05) is 18.4 Å². The number of rotatable bonds is 2. The van der Waals surface area contributed by atoms with E-state index in [4.69, 9.17) is 4.98 Å². The van der Waals surface area contributed by atoms with Crippen LogP contribution in [-0.2, 0) is 0 Å². The third kappa shape index (κ3) is 1.95. The van der Waals surface area contributed by atoms with Gasteiger partial charge in [0.25, 0.3) is 0 Å². The molecule has 1 fully saturated rings. The molecule has 3 heteroatoms. The fourth-order valence-electron chi connectivity index (χ4n) is 2.73. The molecule has 1 saturated heterocycles. The molecule has 0 amide bonds. The molecule has 0 aliphatic carbocycles. The van der Waals surface area contributed by atoms with E-state index in [-0.39, 0.29) is 0 Å². The summed E-state index contributed by atoms with van der Waals surface area (Å²) in [6.07, 6.45) is 1.19. The van der Waals surface area contributed by atoms with Gasteiger partial charge in [-0.3, -0.25) is 4.98 Å². The summed E-state index contributed by atoms with van der Waals surface area (Å²) in [6, 6.07) is 8.88. The molecular formula is C15H19N3. The lowest BCUT2D eigenvalue weighted by Gasteiger charge is -2.18. The number of para-hydroxylation sites is 1. The van der Waals surface area contributed by atoms with Crippen molar-refractivity contribution in [1.29, 1.82) is 0 Å². The Kier molecular flexibility index (Phi) is 2.92. The number of aryl methyl sites for hydroxylation is 2. The fourth-order valence-corrected chi connectivity index (χ4v) is 2.73. The maximum absolute atomic E-state index is 4.70. The zero-order chi connectivity index (χ0) is 12.5. The molecule has 1 atom stereocenters. The van der Waals surface area contributed by atoms with E-state index in [9.17, 15) is 0 Å². The van der Waals surface area contributed by atoms with E-state index in [0.29, 0.717) is 6.04 Å². The summed E-state index contributed by atoms with van der Waals surface area (Å²) in [4.78, 5) is 4.70. The Morgan fingerprint density at radius 2 is 2.11 bits per heavy atom. The van der Waals surface area contributed by atoms with Crippen LogP contribution in [0.4, 0.5) is 5.69 Å². The van der Waals surface area contributed by atoms with E-state index >= 15 is 0 Å². The predicted octanol–water partition coefficient (Wildman–Crippen LogP) is 2.63. The number of anilines is 1. The Balaban J connectivity index is 2.04. The summed E-state index contributed by atoms with van der Waals surface area (Å²) in [7, 11) is 0. The van der Waals surface area contributed by atoms with Crippen LogP contribution in [0.25, 0.3) is 10.9 Å². The molecule has 3 rings (SSSR count). The first-order valence-electron chi connectivity index (χ1n) is 6.59. The van der Waals surface area contributed by atoms with Gasteiger partial charge in [0.15, 0.2) is 0 Å². The molecule has 1 unspecified atom stereocenters. The monoisotopic (exact) mass is 241 g/mol. The second-order valence-corrected chi connectivity index (χ2v) is 5.05. The standard InChI is InChI=1S/C15H19N3/c1-10-13-5-3-4-6-14(13)17-11(2)15(10)18-12-7-8-16-9-12/h3-6,12,16,18H,7-9H2,1-2H3. The maximum atomic E-state index is 4.70. The van der Waals surface area contributed by atoms with Crippen molar-refractivity contribution in [3.05, 3.63) is 35.5 Å². The molecule has 1 aliphatic rings. The van der Waals surface area contributed by atoms with Crippen molar-refractivity contribution in [3.8, 4) is 0 Å². The van der Waals surface area contributed by atoms with Crippen molar-refractivity contribution < 1.29 is 0 Å². The topological polar surface area (TPSA) is 37.0 Å². The Bertz CT molecular complexity index is 571. The van der Waals surface area contributed by atoms with Crippen molar-refractivity contribution in [2.24, 2.45) is 0 Å². The lowest BCUT2D eigenvalue weighted by Crippen LogP contribution is -2.23. The molecule has 0 saturated carbocycles. The first-order valence-corrected chi connectivity index (χ1v) is 6.59. The molecule has 2 aromatic rings. The highest BCUT2D eigenvalue weighted by atomic mass is 15.0. The Morgan fingerprint density at radius 3 is 2.89 bits per heavy atom. The van der Waals surface area contributed by atoms with Crippen LogP contribution in [0.15, 0.2) is 24.3 Å². The van der Waals surface area contributed by atoms with E-state index < -0.39 is 0 Å². The van der Waals surface area contributed by atoms with Crippen LogP contribution in [0.1, 0.15) is 17.7 Å². The molecule has 1 aliphatic heterocycles. The normalized spacial score (nSPS) is 19.3. The average molecular weight is 241 g/mol. The summed E-state index contributed by atoms with van der Waals surface area (Å²) >= 11 is 0. The zero-order valence-electron chi connectivity index (χ0n) is 11.0. The Morgan fingerprint density at radius 1 is 1.28 bits per heavy atom. The summed E-state index contributed by atoms with van der Waals surface area (Å²) in [5.74, 6) is 0. The van der Waals surface area contributed by atoms with Crippen LogP contribution in [0, 0.1) is 13.8 Å². The van der Waals surface area contributed by atoms with Crippen LogP contribution in [-0.4, -0.2) is 24.1 Å². The molecule has 2 N–H and O–H groups in total. The Hall–Kier alpha value is -1.61. The van der Waals surface area contributed by atoms with Crippen LogP contribution in [0.3, 0.4) is 0 Å². The van der Waals surface area contributed by atoms with E-state index in [1.165, 1.54) is 23.1 Å². The molecule has 94 valence electrons. The van der Waals surface area contributed by atoms with E-state index in [2.05, 4.69) is 42.7 Å². The van der Waals surface area contributed by atoms with Gasteiger partial charge < -0.3 is 10.6 Å². The van der Waals surface area contributed by atoms with E-state index in [0.717, 1.165) is 24.3 Å². The highest BCUT2D eigenvalue weighted by Crippen LogP contribution is 2.27. The first-order chi connectivity index (χ1) is 8.75. The summed E-state index contributed by atoms with van der Waals surface area (Å²) < 4.78 is 0. The molecule has 1 aromatic carbocycles. The highest BCUT2D eigenvalue weighted by molar-refractivity contribution is 5.87. The van der Waals surface area contributed by atoms with Crippen molar-refractivity contribution in [1.82, 2.24) is 10.3 Å². The maximum Gasteiger partial charge on any atom is 0.0709 e. The highest BCUT2D eigenvalue weighted by Gasteiger charge is 2.17. The number of benzene rings is 1. The van der Waals surface area contributed by atoms with Gasteiger partial charge in [-0.05, 0) is 38.4 Å². The van der Waals surface area contributed by atoms with Gasteiger partial charge in [-0.15, -0.1) is 0 Å². The number of nitrogens with one attached hydrogen (secondary N) is 2. The molecule has 3 nitrogen and oxygen atoms in total. The fraction of sp³-hybridized carbons (Fsp3) is 0.400. The second kappa shape index (κ2) is 4.58. The molecule has 0 spiro atoms. The largest absolute Gasteiger partial charge is 0.379 e. The number of nitrogens with zero attached hydrogens (tertiary/aromatic N) is 1. The number of aromatic nitrogens is 1. The smallest absolute Gasteiger partial charge is 0.0709 e. The summed E-state index contributed by atoms with van der Waals surface area (Å²) in [6.45, 7) is 6.42. The minimum Gasteiger partial charge on any atom is -0.379 e. The lowest BCUT2D eigenvalue weighted by molar-refractivity contribution is 0.790. The van der Waals surface area contributed by atoms with Crippen LogP contribution >= 0.6 is 0 Å². The Labute approximate surface area is 108 Å². The van der Waals surface area contributed by atoms with Gasteiger partial charge in [0, 0.05) is 18.0 Å². The van der Waals surface area contributed by atoms with Gasteiger partial charge in [-0.1, -0.05) is 18.2 Å². The molecule has 2 heterocycles. The molecule has 1 aromatic heterocycles. The van der Waals surface area contributed by atoms with Gasteiger partial charge in [-0.25, -0.2) is 0 Å². The van der Waals surface area contributed by atoms with E-state index in [1.54, 1.807) is 0 Å². The third-order valence-corrected chi connectivity index (χ3v) is 3.74. The summed E-state index contributed by atoms with van der Waals surface area (Å²) in [5, 5.41) is 8.28. The number of hydrogen-bond donors (Lipinski definition) is 2. The van der Waals surface area contributed by atoms with Gasteiger partial charge in [0.1, 0.15) is 0 Å².